The number of phenols is 1. The quantitative estimate of drug-likeness (QED) is 0.484. The van der Waals surface area contributed by atoms with Crippen molar-refractivity contribution in [2.75, 3.05) is 24.6 Å². The van der Waals surface area contributed by atoms with E-state index in [0.29, 0.717) is 11.7 Å². The van der Waals surface area contributed by atoms with Gasteiger partial charge in [0.25, 0.3) is 0 Å². The zero-order valence-corrected chi connectivity index (χ0v) is 18.9. The van der Waals surface area contributed by atoms with Crippen molar-refractivity contribution in [1.29, 1.82) is 0 Å². The predicted molar refractivity (Wildman–Crippen MR) is 132 cm³/mol. The molecular formula is C27H27N5O2. The summed E-state index contributed by atoms with van der Waals surface area (Å²) in [5.74, 6) is 1.15. The number of hydrogen-bond donors (Lipinski definition) is 2. The molecule has 7 heteroatoms. The van der Waals surface area contributed by atoms with E-state index in [2.05, 4.69) is 15.2 Å². The van der Waals surface area contributed by atoms with Crippen molar-refractivity contribution in [2.24, 2.45) is 0 Å². The predicted octanol–water partition coefficient (Wildman–Crippen LogP) is 4.04. The third-order valence-electron chi connectivity index (χ3n) is 7.85. The van der Waals surface area contributed by atoms with Gasteiger partial charge in [-0.05, 0) is 48.6 Å². The van der Waals surface area contributed by atoms with Gasteiger partial charge >= 0.3 is 0 Å². The van der Waals surface area contributed by atoms with Gasteiger partial charge in [-0.3, -0.25) is 4.98 Å². The van der Waals surface area contributed by atoms with Crippen molar-refractivity contribution in [3.8, 4) is 17.0 Å². The van der Waals surface area contributed by atoms with Crippen LogP contribution in [0.1, 0.15) is 25.7 Å². The largest absolute Gasteiger partial charge is 0.507 e. The van der Waals surface area contributed by atoms with Crippen molar-refractivity contribution in [3.05, 3.63) is 55.0 Å². The normalized spacial score (nSPS) is 26.5. The van der Waals surface area contributed by atoms with Gasteiger partial charge in [0.1, 0.15) is 17.9 Å². The SMILES string of the molecule is Oc1ccc2ccccc2c1-c1cc2ncnc(N3CC4CCC(C5CCCO5)(C3)N4)c2cn1. The molecule has 0 aliphatic carbocycles. The molecule has 3 aliphatic heterocycles. The van der Waals surface area contributed by atoms with Crippen LogP contribution in [0.15, 0.2) is 55.0 Å². The zero-order chi connectivity index (χ0) is 22.7. The van der Waals surface area contributed by atoms with Gasteiger partial charge in [0.2, 0.25) is 0 Å². The van der Waals surface area contributed by atoms with E-state index < -0.39 is 0 Å². The Morgan fingerprint density at radius 2 is 2.00 bits per heavy atom. The Balaban J connectivity index is 1.30. The van der Waals surface area contributed by atoms with Crippen LogP contribution in [0.3, 0.4) is 0 Å². The highest BCUT2D eigenvalue weighted by Gasteiger charge is 2.51. The molecule has 3 saturated heterocycles. The van der Waals surface area contributed by atoms with Crippen molar-refractivity contribution >= 4 is 27.5 Å². The molecule has 0 radical (unpaired) electrons. The van der Waals surface area contributed by atoms with Gasteiger partial charge in [-0.15, -0.1) is 0 Å². The molecule has 5 heterocycles. The zero-order valence-electron chi connectivity index (χ0n) is 18.9. The molecule has 3 unspecified atom stereocenters. The van der Waals surface area contributed by atoms with Crippen LogP contribution in [0, 0.1) is 0 Å². The second kappa shape index (κ2) is 7.61. The Hall–Kier alpha value is -3.29. The first kappa shape index (κ1) is 20.1. The maximum atomic E-state index is 10.7. The molecule has 0 spiro atoms. The third-order valence-corrected chi connectivity index (χ3v) is 7.85. The second-order valence-corrected chi connectivity index (χ2v) is 9.88. The highest BCUT2D eigenvalue weighted by Crippen LogP contribution is 2.40. The Kier molecular flexibility index (Phi) is 4.50. The number of ether oxygens (including phenoxy) is 1. The molecule has 2 aromatic heterocycles. The highest BCUT2D eigenvalue weighted by atomic mass is 16.5. The fraction of sp³-hybridized carbons (Fsp3) is 0.370. The number of nitrogens with zero attached hydrogens (tertiary/aromatic N) is 4. The molecule has 0 amide bonds. The van der Waals surface area contributed by atoms with Gasteiger partial charge < -0.3 is 20.1 Å². The number of aromatic hydroxyl groups is 1. The fourth-order valence-corrected chi connectivity index (χ4v) is 6.30. The average molecular weight is 454 g/mol. The van der Waals surface area contributed by atoms with E-state index in [4.69, 9.17) is 14.7 Å². The first-order valence-corrected chi connectivity index (χ1v) is 12.2. The van der Waals surface area contributed by atoms with E-state index in [9.17, 15) is 5.11 Å². The van der Waals surface area contributed by atoms with Crippen LogP contribution in [-0.4, -0.2) is 57.4 Å². The average Bonchev–Trinajstić information content (AvgIpc) is 3.52. The molecule has 172 valence electrons. The van der Waals surface area contributed by atoms with Gasteiger partial charge in [0.15, 0.2) is 0 Å². The summed E-state index contributed by atoms with van der Waals surface area (Å²) in [5, 5.41) is 17.6. The van der Waals surface area contributed by atoms with Crippen LogP contribution >= 0.6 is 0 Å². The lowest BCUT2D eigenvalue weighted by Crippen LogP contribution is -2.65. The molecular weight excluding hydrogens is 426 g/mol. The molecule has 2 N–H and O–H groups in total. The summed E-state index contributed by atoms with van der Waals surface area (Å²) in [5.41, 5.74) is 2.28. The summed E-state index contributed by atoms with van der Waals surface area (Å²) < 4.78 is 6.14. The molecule has 3 atom stereocenters. The lowest BCUT2D eigenvalue weighted by Gasteiger charge is -2.45. The molecule has 3 fully saturated rings. The number of pyridine rings is 1. The van der Waals surface area contributed by atoms with Crippen molar-refractivity contribution in [3.63, 3.8) is 0 Å². The van der Waals surface area contributed by atoms with Crippen molar-refractivity contribution < 1.29 is 9.84 Å². The maximum Gasteiger partial charge on any atom is 0.141 e. The Bertz CT molecular complexity index is 1400. The summed E-state index contributed by atoms with van der Waals surface area (Å²) >= 11 is 0. The molecule has 2 bridgehead atoms. The smallest absolute Gasteiger partial charge is 0.141 e. The van der Waals surface area contributed by atoms with Gasteiger partial charge in [0, 0.05) is 37.5 Å². The number of piperazine rings is 1. The van der Waals surface area contributed by atoms with Gasteiger partial charge in [-0.25, -0.2) is 9.97 Å². The minimum Gasteiger partial charge on any atom is -0.507 e. The topological polar surface area (TPSA) is 83.4 Å². The van der Waals surface area contributed by atoms with E-state index in [1.165, 1.54) is 6.42 Å². The first-order chi connectivity index (χ1) is 16.7. The first-order valence-electron chi connectivity index (χ1n) is 12.2. The molecule has 4 aromatic rings. The molecule has 7 rings (SSSR count). The molecule has 3 aliphatic rings. The fourth-order valence-electron chi connectivity index (χ4n) is 6.30. The van der Waals surface area contributed by atoms with Gasteiger partial charge in [0.05, 0.1) is 28.2 Å². The number of fused-ring (bicyclic) bond motifs is 4. The second-order valence-electron chi connectivity index (χ2n) is 9.88. The number of benzene rings is 2. The van der Waals surface area contributed by atoms with Crippen LogP contribution in [0.2, 0.25) is 0 Å². The Morgan fingerprint density at radius 1 is 1.06 bits per heavy atom. The third kappa shape index (κ3) is 3.07. The molecule has 0 saturated carbocycles. The van der Waals surface area contributed by atoms with E-state index in [0.717, 1.165) is 72.0 Å². The van der Waals surface area contributed by atoms with E-state index >= 15 is 0 Å². The molecule has 34 heavy (non-hydrogen) atoms. The summed E-state index contributed by atoms with van der Waals surface area (Å²) in [4.78, 5) is 16.5. The van der Waals surface area contributed by atoms with Crippen LogP contribution in [0.5, 0.6) is 5.75 Å². The lowest BCUT2D eigenvalue weighted by molar-refractivity contribution is 0.0326. The number of anilines is 1. The van der Waals surface area contributed by atoms with E-state index in [-0.39, 0.29) is 17.4 Å². The standard InChI is InChI=1S/C27H27N5O2/c33-23-8-7-17-4-1-2-5-19(17)25(23)22-12-21-20(13-28-22)26(30-16-29-21)32-14-18-9-10-27(15-32,31-18)24-6-3-11-34-24/h1-2,4-5,7-8,12-13,16,18,24,31,33H,3,6,9-11,14-15H2. The number of rotatable bonds is 3. The van der Waals surface area contributed by atoms with Crippen LogP contribution in [0.25, 0.3) is 32.9 Å². The summed E-state index contributed by atoms with van der Waals surface area (Å²) in [6.45, 7) is 2.67. The van der Waals surface area contributed by atoms with Crippen molar-refractivity contribution in [2.45, 2.75) is 43.4 Å². The number of nitrogens with one attached hydrogen (secondary N) is 1. The number of hydrogen-bond acceptors (Lipinski definition) is 7. The summed E-state index contributed by atoms with van der Waals surface area (Å²) in [6, 6.07) is 14.1. The number of aromatic nitrogens is 3. The van der Waals surface area contributed by atoms with Crippen LogP contribution < -0.4 is 10.2 Å². The van der Waals surface area contributed by atoms with Crippen LogP contribution in [-0.2, 0) is 4.74 Å². The van der Waals surface area contributed by atoms with Gasteiger partial charge in [-0.2, -0.15) is 0 Å². The van der Waals surface area contributed by atoms with Crippen LogP contribution in [0.4, 0.5) is 5.82 Å². The Labute approximate surface area is 197 Å². The van der Waals surface area contributed by atoms with Gasteiger partial charge in [-0.1, -0.05) is 30.3 Å². The minimum atomic E-state index is -0.00119. The molecule has 7 nitrogen and oxygen atoms in total. The number of phenolic OH excluding ortho intramolecular Hbond substituents is 1. The minimum absolute atomic E-state index is 0.00119. The Morgan fingerprint density at radius 3 is 2.91 bits per heavy atom. The summed E-state index contributed by atoms with van der Waals surface area (Å²) in [6.07, 6.45) is 8.36. The monoisotopic (exact) mass is 453 g/mol. The highest BCUT2D eigenvalue weighted by molar-refractivity contribution is 6.00. The lowest BCUT2D eigenvalue weighted by atomic mass is 9.88. The molecule has 2 aromatic carbocycles. The van der Waals surface area contributed by atoms with Crippen molar-refractivity contribution in [1.82, 2.24) is 20.3 Å². The summed E-state index contributed by atoms with van der Waals surface area (Å²) in [7, 11) is 0. The van der Waals surface area contributed by atoms with E-state index in [1.807, 2.05) is 42.6 Å². The van der Waals surface area contributed by atoms with E-state index in [1.54, 1.807) is 12.4 Å². The maximum absolute atomic E-state index is 10.7.